The van der Waals surface area contributed by atoms with E-state index in [2.05, 4.69) is 5.32 Å². The van der Waals surface area contributed by atoms with Gasteiger partial charge < -0.3 is 44.7 Å². The van der Waals surface area contributed by atoms with Crippen LogP contribution in [0.25, 0.3) is 27.5 Å². The van der Waals surface area contributed by atoms with E-state index >= 15 is 0 Å². The number of nitrogens with one attached hydrogen (secondary N) is 1. The van der Waals surface area contributed by atoms with E-state index < -0.39 is 77.3 Å². The van der Waals surface area contributed by atoms with Crippen LogP contribution in [-0.4, -0.2) is 84.8 Å². The monoisotopic (exact) mass is 785 g/mol. The van der Waals surface area contributed by atoms with E-state index in [4.69, 9.17) is 23.9 Å². The number of fused-ring (bicyclic) bond motifs is 2. The highest BCUT2D eigenvalue weighted by Crippen LogP contribution is 2.54. The summed E-state index contributed by atoms with van der Waals surface area (Å²) < 4.78 is 25.5. The molecule has 9 atom stereocenters. The zero-order valence-corrected chi connectivity index (χ0v) is 33.8. The first-order valence-corrected chi connectivity index (χ1v) is 19.0. The fourth-order valence-electron chi connectivity index (χ4n) is 8.03. The van der Waals surface area contributed by atoms with E-state index in [0.29, 0.717) is 5.65 Å². The number of nitrogens with zero attached hydrogens (tertiary/aromatic N) is 2. The number of anilines is 1. The molecule has 4 aromatic rings. The maximum absolute atomic E-state index is 14.6. The second-order valence-electron chi connectivity index (χ2n) is 15.6. The smallest absolute Gasteiger partial charge is 0.312 e. The van der Waals surface area contributed by atoms with Crippen molar-refractivity contribution in [2.24, 2.45) is 23.7 Å². The van der Waals surface area contributed by atoms with Crippen LogP contribution >= 0.6 is 0 Å². The van der Waals surface area contributed by atoms with Crippen LogP contribution in [0.15, 0.2) is 54.5 Å². The van der Waals surface area contributed by atoms with Crippen molar-refractivity contribution in [1.29, 1.82) is 0 Å². The van der Waals surface area contributed by atoms with Crippen molar-refractivity contribution in [2.75, 3.05) is 12.4 Å². The Morgan fingerprint density at radius 3 is 2.35 bits per heavy atom. The number of aliphatic hydroxyl groups excluding tert-OH is 2. The summed E-state index contributed by atoms with van der Waals surface area (Å²) in [6.45, 7) is 14.7. The first kappa shape index (κ1) is 41.2. The van der Waals surface area contributed by atoms with Crippen LogP contribution in [0, 0.1) is 37.5 Å². The van der Waals surface area contributed by atoms with Crippen molar-refractivity contribution in [1.82, 2.24) is 9.38 Å². The van der Waals surface area contributed by atoms with Gasteiger partial charge in [-0.15, -0.1) is 0 Å². The number of imidazole rings is 1. The molecule has 2 aromatic heterocycles. The number of phenols is 2. The number of aliphatic hydroxyl groups is 2. The van der Waals surface area contributed by atoms with Gasteiger partial charge in [-0.2, -0.15) is 0 Å². The SMILES string of the molecule is COC1C=COC2(C)Oc3c(C)c(O)c4c(O)c(c5c(nc6cc(C)ccn65)c4c3C2=O)NC(=O)/C(C)=C\C=C/C(C)C(O)C(C)C(O)C(C)C(OC(C)=O)C1C. The van der Waals surface area contributed by atoms with E-state index in [1.165, 1.54) is 40.2 Å². The van der Waals surface area contributed by atoms with Gasteiger partial charge in [0.2, 0.25) is 0 Å². The largest absolute Gasteiger partial charge is 0.507 e. The maximum atomic E-state index is 14.6. The van der Waals surface area contributed by atoms with Crippen LogP contribution in [0.1, 0.15) is 70.0 Å². The molecule has 0 radical (unpaired) electrons. The molecule has 2 aliphatic heterocycles. The third-order valence-electron chi connectivity index (χ3n) is 11.5. The molecule has 6 rings (SSSR count). The zero-order valence-electron chi connectivity index (χ0n) is 33.8. The first-order chi connectivity index (χ1) is 26.8. The number of hydrogen-bond donors (Lipinski definition) is 5. The van der Waals surface area contributed by atoms with Crippen LogP contribution in [-0.2, 0) is 23.8 Å². The van der Waals surface area contributed by atoms with Gasteiger partial charge in [-0.25, -0.2) is 4.98 Å². The molecule has 5 N–H and O–H groups in total. The third kappa shape index (κ3) is 7.10. The van der Waals surface area contributed by atoms with E-state index in [0.717, 1.165) is 5.56 Å². The van der Waals surface area contributed by atoms with Gasteiger partial charge in [0.1, 0.15) is 40.0 Å². The molecule has 4 heterocycles. The minimum absolute atomic E-state index is 0.0185. The van der Waals surface area contributed by atoms with Crippen LogP contribution in [0.5, 0.6) is 17.2 Å². The number of methoxy groups -OCH3 is 1. The first-order valence-electron chi connectivity index (χ1n) is 19.0. The Kier molecular flexibility index (Phi) is 11.2. The van der Waals surface area contributed by atoms with Gasteiger partial charge in [-0.05, 0) is 44.5 Å². The molecular formula is C43H51N3O11. The van der Waals surface area contributed by atoms with Crippen LogP contribution in [0.2, 0.25) is 0 Å². The molecule has 57 heavy (non-hydrogen) atoms. The number of carbonyl (C=O) groups excluding carboxylic acids is 3. The maximum Gasteiger partial charge on any atom is 0.312 e. The number of aromatic nitrogens is 2. The highest BCUT2D eigenvalue weighted by Gasteiger charge is 2.50. The van der Waals surface area contributed by atoms with Gasteiger partial charge in [0, 0.05) is 67.3 Å². The fourth-order valence-corrected chi connectivity index (χ4v) is 8.03. The van der Waals surface area contributed by atoms with Crippen molar-refractivity contribution < 1.29 is 53.8 Å². The molecule has 0 saturated carbocycles. The van der Waals surface area contributed by atoms with Crippen molar-refractivity contribution in [3.05, 3.63) is 71.2 Å². The summed E-state index contributed by atoms with van der Waals surface area (Å²) in [4.78, 5) is 45.6. The summed E-state index contributed by atoms with van der Waals surface area (Å²) in [5.41, 5.74) is 2.18. The number of rotatable bonds is 2. The van der Waals surface area contributed by atoms with Crippen molar-refractivity contribution in [3.8, 4) is 17.2 Å². The number of Topliss-reactive ketones (excluding diaryl/α,β-unsaturated/α-hetero) is 1. The predicted octanol–water partition coefficient (Wildman–Crippen LogP) is 6.16. The summed E-state index contributed by atoms with van der Waals surface area (Å²) in [6.07, 6.45) is 5.62. The average Bonchev–Trinajstić information content (AvgIpc) is 3.67. The summed E-state index contributed by atoms with van der Waals surface area (Å²) >= 11 is 0. The second-order valence-corrected chi connectivity index (χ2v) is 15.6. The Morgan fingerprint density at radius 1 is 0.982 bits per heavy atom. The Hall–Kier alpha value is -5.44. The normalized spacial score (nSPS) is 30.3. The number of ether oxygens (including phenoxy) is 4. The highest BCUT2D eigenvalue weighted by atomic mass is 16.7. The lowest BCUT2D eigenvalue weighted by atomic mass is 9.78. The molecule has 0 saturated heterocycles. The number of aryl methyl sites for hydroxylation is 1. The average molecular weight is 786 g/mol. The van der Waals surface area contributed by atoms with Crippen molar-refractivity contribution >= 4 is 50.8 Å². The minimum Gasteiger partial charge on any atom is -0.507 e. The molecule has 2 aliphatic rings. The number of benzene rings is 2. The molecule has 14 heteroatoms. The molecule has 1 amide bonds. The van der Waals surface area contributed by atoms with Gasteiger partial charge in [-0.1, -0.05) is 45.9 Å². The van der Waals surface area contributed by atoms with Gasteiger partial charge in [0.25, 0.3) is 11.7 Å². The Labute approximate surface area is 330 Å². The molecule has 9 unspecified atom stereocenters. The Bertz CT molecular complexity index is 2380. The van der Waals surface area contributed by atoms with E-state index in [9.17, 15) is 34.8 Å². The highest BCUT2D eigenvalue weighted by molar-refractivity contribution is 6.28. The number of phenolic OH excluding ortho intramolecular Hbond substituents is 2. The molecule has 4 bridgehead atoms. The molecule has 304 valence electrons. The minimum atomic E-state index is -1.96. The fraction of sp³-hybridized carbons (Fsp3) is 0.442. The molecule has 0 fully saturated rings. The number of aromatic hydroxyl groups is 2. The molecule has 0 spiro atoms. The Morgan fingerprint density at radius 2 is 1.68 bits per heavy atom. The number of esters is 1. The molecular weight excluding hydrogens is 734 g/mol. The second kappa shape index (κ2) is 15.5. The van der Waals surface area contributed by atoms with E-state index in [1.807, 2.05) is 19.1 Å². The molecule has 2 aromatic carbocycles. The Balaban J connectivity index is 1.58. The number of amides is 1. The lowest BCUT2D eigenvalue weighted by molar-refractivity contribution is -0.160. The summed E-state index contributed by atoms with van der Waals surface area (Å²) in [6, 6.07) is 3.64. The van der Waals surface area contributed by atoms with Gasteiger partial charge in [0.15, 0.2) is 5.75 Å². The number of carbonyl (C=O) groups is 3. The summed E-state index contributed by atoms with van der Waals surface area (Å²) in [7, 11) is 1.46. The molecule has 0 aliphatic carbocycles. The van der Waals surface area contributed by atoms with Gasteiger partial charge in [-0.3, -0.25) is 18.8 Å². The van der Waals surface area contributed by atoms with Crippen molar-refractivity contribution in [3.63, 3.8) is 0 Å². The summed E-state index contributed by atoms with van der Waals surface area (Å²) in [5.74, 6) is -6.96. The number of hydrogen-bond acceptors (Lipinski definition) is 12. The standard InChI is InChI=1S/C43H51N3O11/c1-19-14-16-46-28(18-19)44-32-29-30-37(50)25(7)40-31(29)41(52)43(9,57-40)55-17-15-27(54-10)22(4)39(56-26(8)47)24(6)36(49)23(5)35(48)20(2)12-11-13-21(3)42(53)45-33(34(32)46)38(30)51/h11-18,20,22-24,27,35-36,39,48-51H,1-10H3,(H,45,53)/b12-11-,17-15?,21-13-. The number of ketones is 1. The third-order valence-corrected chi connectivity index (χ3v) is 11.5. The van der Waals surface area contributed by atoms with Gasteiger partial charge in [0.05, 0.1) is 35.5 Å². The lowest BCUT2D eigenvalue weighted by Gasteiger charge is -2.38. The quantitative estimate of drug-likeness (QED) is 0.115. The zero-order chi connectivity index (χ0) is 41.8. The van der Waals surface area contributed by atoms with Crippen LogP contribution in [0.4, 0.5) is 5.69 Å². The van der Waals surface area contributed by atoms with Crippen LogP contribution in [0.3, 0.4) is 0 Å². The van der Waals surface area contributed by atoms with Crippen LogP contribution < -0.4 is 10.1 Å². The van der Waals surface area contributed by atoms with Gasteiger partial charge >= 0.3 is 11.8 Å². The van der Waals surface area contributed by atoms with Crippen molar-refractivity contribution in [2.45, 2.75) is 92.5 Å². The van der Waals surface area contributed by atoms with E-state index in [-0.39, 0.29) is 55.7 Å². The predicted molar refractivity (Wildman–Crippen MR) is 213 cm³/mol. The number of pyridine rings is 1. The van der Waals surface area contributed by atoms with E-state index in [1.54, 1.807) is 63.4 Å². The summed E-state index contributed by atoms with van der Waals surface area (Å²) in [5, 5.41) is 49.4. The molecule has 14 nitrogen and oxygen atoms in total. The number of allylic oxidation sites excluding steroid dienone is 2. The topological polar surface area (TPSA) is 198 Å². The lowest BCUT2D eigenvalue weighted by Crippen LogP contribution is -2.46.